The van der Waals surface area contributed by atoms with Crippen LogP contribution in [-0.2, 0) is 16.0 Å². The van der Waals surface area contributed by atoms with Crippen LogP contribution in [0.1, 0.15) is 18.9 Å². The van der Waals surface area contributed by atoms with Crippen molar-refractivity contribution in [3.8, 4) is 0 Å². The van der Waals surface area contributed by atoms with E-state index in [0.717, 1.165) is 5.56 Å². The monoisotopic (exact) mass is 266 g/mol. The molecular weight excluding hydrogens is 247 g/mol. The molecule has 1 aliphatic heterocycles. The number of hydrogen-bond acceptors (Lipinski definition) is 3. The predicted octanol–water partition coefficient (Wildman–Crippen LogP) is 2.40. The second kappa shape index (κ2) is 6.02. The van der Waals surface area contributed by atoms with Gasteiger partial charge in [-0.2, -0.15) is 0 Å². The molecule has 1 aromatic carbocycles. The lowest BCUT2D eigenvalue weighted by atomic mass is 10.0. The van der Waals surface area contributed by atoms with Crippen molar-refractivity contribution in [1.29, 1.82) is 0 Å². The molecule has 0 aliphatic carbocycles. The molecule has 4 nitrogen and oxygen atoms in total. The summed E-state index contributed by atoms with van der Waals surface area (Å²) in [6.45, 7) is 3.27. The molecule has 1 heterocycles. The molecule has 1 unspecified atom stereocenters. The van der Waals surface area contributed by atoms with Crippen LogP contribution >= 0.6 is 0 Å². The van der Waals surface area contributed by atoms with E-state index < -0.39 is 0 Å². The van der Waals surface area contributed by atoms with Crippen molar-refractivity contribution in [2.24, 2.45) is 5.92 Å². The van der Waals surface area contributed by atoms with Crippen LogP contribution in [0.5, 0.6) is 0 Å². The van der Waals surface area contributed by atoms with Gasteiger partial charge in [0.1, 0.15) is 5.82 Å². The number of anilines is 2. The zero-order chi connectivity index (χ0) is 13.8. The molecule has 1 aliphatic rings. The highest BCUT2D eigenvalue weighted by Gasteiger charge is 2.17. The first-order chi connectivity index (χ1) is 9.10. The SMILES string of the molecule is COCC(C)CNc1cc2c(cc1F)CCC(=O)N2. The second-order valence-corrected chi connectivity index (χ2v) is 4.98. The molecular formula is C14H19FN2O2. The number of amides is 1. The zero-order valence-corrected chi connectivity index (χ0v) is 11.3. The third-order valence-corrected chi connectivity index (χ3v) is 3.18. The molecule has 0 spiro atoms. The molecule has 19 heavy (non-hydrogen) atoms. The van der Waals surface area contributed by atoms with E-state index in [1.807, 2.05) is 6.92 Å². The Bertz CT molecular complexity index is 477. The van der Waals surface area contributed by atoms with Gasteiger partial charge in [-0.3, -0.25) is 4.79 Å². The fourth-order valence-corrected chi connectivity index (χ4v) is 2.16. The van der Waals surface area contributed by atoms with Crippen LogP contribution in [0.15, 0.2) is 12.1 Å². The Hall–Kier alpha value is -1.62. The summed E-state index contributed by atoms with van der Waals surface area (Å²) < 4.78 is 18.9. The number of fused-ring (bicyclic) bond motifs is 1. The lowest BCUT2D eigenvalue weighted by Crippen LogP contribution is -2.20. The van der Waals surface area contributed by atoms with E-state index in [9.17, 15) is 9.18 Å². The third kappa shape index (κ3) is 3.44. The van der Waals surface area contributed by atoms with Gasteiger partial charge in [0.15, 0.2) is 0 Å². The van der Waals surface area contributed by atoms with Gasteiger partial charge in [-0.25, -0.2) is 4.39 Å². The van der Waals surface area contributed by atoms with Crippen molar-refractivity contribution >= 4 is 17.3 Å². The molecule has 104 valence electrons. The maximum Gasteiger partial charge on any atom is 0.224 e. The van der Waals surface area contributed by atoms with Gasteiger partial charge in [-0.05, 0) is 30.0 Å². The molecule has 1 amide bonds. The van der Waals surface area contributed by atoms with Gasteiger partial charge in [-0.15, -0.1) is 0 Å². The van der Waals surface area contributed by atoms with Gasteiger partial charge in [-0.1, -0.05) is 6.92 Å². The number of benzene rings is 1. The van der Waals surface area contributed by atoms with Crippen LogP contribution in [0.2, 0.25) is 0 Å². The van der Waals surface area contributed by atoms with Gasteiger partial charge in [0.05, 0.1) is 12.3 Å². The van der Waals surface area contributed by atoms with Crippen molar-refractivity contribution in [2.75, 3.05) is 30.9 Å². The van der Waals surface area contributed by atoms with Crippen molar-refractivity contribution in [3.05, 3.63) is 23.5 Å². The number of carbonyl (C=O) groups is 1. The average molecular weight is 266 g/mol. The van der Waals surface area contributed by atoms with E-state index in [4.69, 9.17) is 4.74 Å². The van der Waals surface area contributed by atoms with E-state index in [0.29, 0.717) is 37.4 Å². The first-order valence-corrected chi connectivity index (χ1v) is 6.45. The summed E-state index contributed by atoms with van der Waals surface area (Å²) in [7, 11) is 1.64. The van der Waals surface area contributed by atoms with E-state index in [1.165, 1.54) is 6.07 Å². The standard InChI is InChI=1S/C14H19FN2O2/c1-9(8-19-2)7-16-13-6-12-10(5-11(13)15)3-4-14(18)17-12/h5-6,9,16H,3-4,7-8H2,1-2H3,(H,17,18). The molecule has 1 atom stereocenters. The van der Waals surface area contributed by atoms with Crippen molar-refractivity contribution in [3.63, 3.8) is 0 Å². The van der Waals surface area contributed by atoms with E-state index in [2.05, 4.69) is 10.6 Å². The number of aryl methyl sites for hydroxylation is 1. The summed E-state index contributed by atoms with van der Waals surface area (Å²) in [5.41, 5.74) is 1.98. The predicted molar refractivity (Wildman–Crippen MR) is 72.9 cm³/mol. The van der Waals surface area contributed by atoms with Crippen molar-refractivity contribution < 1.29 is 13.9 Å². The molecule has 2 N–H and O–H groups in total. The Morgan fingerprint density at radius 1 is 1.47 bits per heavy atom. The number of nitrogens with one attached hydrogen (secondary N) is 2. The van der Waals surface area contributed by atoms with E-state index in [-0.39, 0.29) is 17.6 Å². The zero-order valence-electron chi connectivity index (χ0n) is 11.3. The summed E-state index contributed by atoms with van der Waals surface area (Å²) in [6, 6.07) is 3.17. The minimum atomic E-state index is -0.278. The number of hydrogen-bond donors (Lipinski definition) is 2. The quantitative estimate of drug-likeness (QED) is 0.860. The number of carbonyl (C=O) groups excluding carboxylic acids is 1. The molecule has 0 saturated heterocycles. The Labute approximate surface area is 112 Å². The highest BCUT2D eigenvalue weighted by atomic mass is 19.1. The van der Waals surface area contributed by atoms with Gasteiger partial charge in [0.2, 0.25) is 5.91 Å². The van der Waals surface area contributed by atoms with Crippen LogP contribution in [0.4, 0.5) is 15.8 Å². The Kier molecular flexibility index (Phi) is 4.37. The van der Waals surface area contributed by atoms with Gasteiger partial charge >= 0.3 is 0 Å². The molecule has 0 bridgehead atoms. The summed E-state index contributed by atoms with van der Waals surface area (Å²) in [4.78, 5) is 11.3. The Morgan fingerprint density at radius 2 is 2.26 bits per heavy atom. The summed E-state index contributed by atoms with van der Waals surface area (Å²) >= 11 is 0. The average Bonchev–Trinajstić information content (AvgIpc) is 2.37. The Balaban J connectivity index is 2.08. The number of rotatable bonds is 5. The molecule has 0 aromatic heterocycles. The fraction of sp³-hybridized carbons (Fsp3) is 0.500. The number of ether oxygens (including phenoxy) is 1. The summed E-state index contributed by atoms with van der Waals surface area (Å²) in [5.74, 6) is -0.00708. The van der Waals surface area contributed by atoms with Gasteiger partial charge < -0.3 is 15.4 Å². The molecule has 5 heteroatoms. The molecule has 0 radical (unpaired) electrons. The van der Waals surface area contributed by atoms with Crippen molar-refractivity contribution in [1.82, 2.24) is 0 Å². The van der Waals surface area contributed by atoms with E-state index >= 15 is 0 Å². The number of methoxy groups -OCH3 is 1. The smallest absolute Gasteiger partial charge is 0.224 e. The fourth-order valence-electron chi connectivity index (χ4n) is 2.16. The minimum absolute atomic E-state index is 0.0159. The van der Waals surface area contributed by atoms with Crippen LogP contribution in [-0.4, -0.2) is 26.2 Å². The minimum Gasteiger partial charge on any atom is -0.384 e. The molecule has 0 saturated carbocycles. The lowest BCUT2D eigenvalue weighted by Gasteiger charge is -2.19. The first-order valence-electron chi connectivity index (χ1n) is 6.45. The topological polar surface area (TPSA) is 50.4 Å². The van der Waals surface area contributed by atoms with E-state index in [1.54, 1.807) is 13.2 Å². The highest BCUT2D eigenvalue weighted by molar-refractivity contribution is 5.94. The van der Waals surface area contributed by atoms with Crippen LogP contribution in [0, 0.1) is 11.7 Å². The van der Waals surface area contributed by atoms with Gasteiger partial charge in [0.25, 0.3) is 0 Å². The third-order valence-electron chi connectivity index (χ3n) is 3.18. The largest absolute Gasteiger partial charge is 0.384 e. The maximum atomic E-state index is 13.9. The normalized spacial score (nSPS) is 15.6. The lowest BCUT2D eigenvalue weighted by molar-refractivity contribution is -0.116. The van der Waals surface area contributed by atoms with Crippen LogP contribution in [0.3, 0.4) is 0 Å². The first kappa shape index (κ1) is 13.8. The molecule has 1 aromatic rings. The Morgan fingerprint density at radius 3 is 3.00 bits per heavy atom. The summed E-state index contributed by atoms with van der Waals surface area (Å²) in [6.07, 6.45) is 1.02. The maximum absolute atomic E-state index is 13.9. The van der Waals surface area contributed by atoms with Crippen molar-refractivity contribution in [2.45, 2.75) is 19.8 Å². The highest BCUT2D eigenvalue weighted by Crippen LogP contribution is 2.28. The number of halogens is 1. The molecule has 0 fully saturated rings. The second-order valence-electron chi connectivity index (χ2n) is 4.98. The van der Waals surface area contributed by atoms with Crippen LogP contribution in [0.25, 0.3) is 0 Å². The summed E-state index contributed by atoms with van der Waals surface area (Å²) in [5, 5.41) is 5.83. The van der Waals surface area contributed by atoms with Gasteiger partial charge in [0, 0.05) is 25.8 Å². The molecule has 2 rings (SSSR count). The van der Waals surface area contributed by atoms with Crippen LogP contribution < -0.4 is 10.6 Å².